The average Bonchev–Trinajstić information content (AvgIpc) is 3.09. The summed E-state index contributed by atoms with van der Waals surface area (Å²) in [7, 11) is 1.69. The molecule has 4 aromatic rings. The fourth-order valence-electron chi connectivity index (χ4n) is 3.47. The minimum atomic E-state index is -2.75. The number of aliphatic hydroxyl groups is 1. The molecule has 0 aliphatic rings. The van der Waals surface area contributed by atoms with E-state index < -0.39 is 24.4 Å². The van der Waals surface area contributed by atoms with Gasteiger partial charge in [0.2, 0.25) is 5.65 Å². The third-order valence-corrected chi connectivity index (χ3v) is 5.02. The highest BCUT2D eigenvalue weighted by molar-refractivity contribution is 6.32. The van der Waals surface area contributed by atoms with Crippen LogP contribution >= 0.6 is 11.6 Å². The third kappa shape index (κ3) is 4.87. The van der Waals surface area contributed by atoms with Gasteiger partial charge in [-0.1, -0.05) is 28.7 Å². The van der Waals surface area contributed by atoms with Crippen molar-refractivity contribution in [2.45, 2.75) is 25.9 Å². The molecular formula is C23H19ClF3N5O. The Morgan fingerprint density at radius 2 is 1.94 bits per heavy atom. The molecule has 2 aromatic heterocycles. The van der Waals surface area contributed by atoms with Gasteiger partial charge in [0, 0.05) is 34.1 Å². The number of halogens is 4. The summed E-state index contributed by atoms with van der Waals surface area (Å²) >= 11 is 6.20. The molecule has 1 N–H and O–H groups in total. The highest BCUT2D eigenvalue weighted by Gasteiger charge is 2.23. The number of benzene rings is 2. The molecule has 2 heterocycles. The summed E-state index contributed by atoms with van der Waals surface area (Å²) in [6.07, 6.45) is -2.75. The van der Waals surface area contributed by atoms with Gasteiger partial charge in [-0.15, -0.1) is 5.10 Å². The Bertz CT molecular complexity index is 1420. The fraction of sp³-hybridized carbons (Fsp3) is 0.261. The van der Waals surface area contributed by atoms with Crippen molar-refractivity contribution in [3.63, 3.8) is 0 Å². The molecule has 6 nitrogen and oxygen atoms in total. The summed E-state index contributed by atoms with van der Waals surface area (Å²) in [5.41, 5.74) is -0.130. The summed E-state index contributed by atoms with van der Waals surface area (Å²) in [5.74, 6) is 4.77. The van der Waals surface area contributed by atoms with Crippen LogP contribution < -0.4 is 4.90 Å². The molecule has 0 atom stereocenters. The number of aryl methyl sites for hydroxylation is 1. The molecule has 0 fully saturated rings. The topological polar surface area (TPSA) is 67.1 Å². The maximum Gasteiger partial charge on any atom is 0.256 e. The standard InChI is InChI=1S/C23H19ClF3N5O/c1-23(2,33)7-6-13-8-15(25)11-16(9-13)32(12-19(26)27)22-17-5-4-14(24)10-18(17)20-21(28-22)29-30-31(20)3/h4-5,8-11,19,33H,12H2,1-3H3. The van der Waals surface area contributed by atoms with Gasteiger partial charge in [-0.2, -0.15) is 0 Å². The summed E-state index contributed by atoms with van der Waals surface area (Å²) in [6.45, 7) is 2.22. The van der Waals surface area contributed by atoms with Crippen molar-refractivity contribution in [3.8, 4) is 11.8 Å². The SMILES string of the molecule is Cn1nnc2nc(N(CC(F)F)c3cc(F)cc(C#CC(C)(C)O)c3)c3ccc(Cl)cc3c21. The summed E-state index contributed by atoms with van der Waals surface area (Å²) < 4.78 is 43.3. The number of hydrogen-bond acceptors (Lipinski definition) is 5. The molecule has 4 rings (SSSR count). The molecule has 0 radical (unpaired) electrons. The van der Waals surface area contributed by atoms with Crippen molar-refractivity contribution in [1.82, 2.24) is 20.0 Å². The predicted molar refractivity (Wildman–Crippen MR) is 121 cm³/mol. The van der Waals surface area contributed by atoms with Crippen LogP contribution in [0.4, 0.5) is 24.7 Å². The van der Waals surface area contributed by atoms with Crippen LogP contribution in [0.5, 0.6) is 0 Å². The van der Waals surface area contributed by atoms with Gasteiger partial charge >= 0.3 is 0 Å². The first-order valence-corrected chi connectivity index (χ1v) is 10.3. The van der Waals surface area contributed by atoms with Crippen LogP contribution in [-0.2, 0) is 7.05 Å². The summed E-state index contributed by atoms with van der Waals surface area (Å²) in [6, 6.07) is 8.73. The fourth-order valence-corrected chi connectivity index (χ4v) is 3.64. The van der Waals surface area contributed by atoms with E-state index in [-0.39, 0.29) is 22.7 Å². The van der Waals surface area contributed by atoms with Gasteiger partial charge < -0.3 is 10.0 Å². The number of anilines is 2. The van der Waals surface area contributed by atoms with Crippen molar-refractivity contribution >= 4 is 45.0 Å². The third-order valence-electron chi connectivity index (χ3n) is 4.78. The first-order valence-electron chi connectivity index (χ1n) is 9.92. The van der Waals surface area contributed by atoms with E-state index in [1.165, 1.54) is 35.6 Å². The normalized spacial score (nSPS) is 11.8. The summed E-state index contributed by atoms with van der Waals surface area (Å²) in [5, 5.41) is 19.4. The molecule has 10 heteroatoms. The van der Waals surface area contributed by atoms with Crippen LogP contribution in [0.2, 0.25) is 5.02 Å². The van der Waals surface area contributed by atoms with E-state index in [1.54, 1.807) is 25.2 Å². The van der Waals surface area contributed by atoms with Gasteiger partial charge in [0.25, 0.3) is 6.43 Å². The monoisotopic (exact) mass is 473 g/mol. The number of alkyl halides is 2. The predicted octanol–water partition coefficient (Wildman–Crippen LogP) is 4.83. The zero-order valence-electron chi connectivity index (χ0n) is 17.9. The Balaban J connectivity index is 1.97. The Morgan fingerprint density at radius 1 is 1.18 bits per heavy atom. The lowest BCUT2D eigenvalue weighted by Crippen LogP contribution is -2.25. The smallest absolute Gasteiger partial charge is 0.256 e. The molecule has 170 valence electrons. The Morgan fingerprint density at radius 3 is 2.64 bits per heavy atom. The van der Waals surface area contributed by atoms with Crippen LogP contribution in [0.3, 0.4) is 0 Å². The van der Waals surface area contributed by atoms with E-state index in [1.807, 2.05) is 0 Å². The van der Waals surface area contributed by atoms with Crippen LogP contribution in [-0.4, -0.2) is 43.7 Å². The van der Waals surface area contributed by atoms with Crippen molar-refractivity contribution in [2.24, 2.45) is 7.05 Å². The molecule has 0 saturated heterocycles. The molecule has 0 aliphatic carbocycles. The lowest BCUT2D eigenvalue weighted by molar-refractivity contribution is 0.143. The number of hydrogen-bond donors (Lipinski definition) is 1. The zero-order chi connectivity index (χ0) is 23.9. The molecule has 0 spiro atoms. The van der Waals surface area contributed by atoms with Crippen molar-refractivity contribution in [2.75, 3.05) is 11.4 Å². The van der Waals surface area contributed by atoms with Crippen molar-refractivity contribution in [3.05, 3.63) is 52.8 Å². The average molecular weight is 474 g/mol. The largest absolute Gasteiger partial charge is 0.378 e. The number of rotatable bonds is 4. The van der Waals surface area contributed by atoms with E-state index in [2.05, 4.69) is 27.1 Å². The lowest BCUT2D eigenvalue weighted by atomic mass is 10.1. The first kappa shape index (κ1) is 22.8. The second-order valence-electron chi connectivity index (χ2n) is 8.02. The van der Waals surface area contributed by atoms with Crippen molar-refractivity contribution < 1.29 is 18.3 Å². The molecule has 0 saturated carbocycles. The van der Waals surface area contributed by atoms with Gasteiger partial charge in [-0.05, 0) is 50.2 Å². The Kier molecular flexibility index (Phi) is 5.91. The molecule has 0 aliphatic heterocycles. The van der Waals surface area contributed by atoms with E-state index in [0.29, 0.717) is 21.3 Å². The Labute approximate surface area is 192 Å². The molecule has 0 amide bonds. The Hall–Kier alpha value is -3.35. The van der Waals surface area contributed by atoms with Gasteiger partial charge in [-0.3, -0.25) is 0 Å². The molecule has 2 aromatic carbocycles. The number of nitrogens with zero attached hydrogens (tertiary/aromatic N) is 5. The van der Waals surface area contributed by atoms with E-state index in [4.69, 9.17) is 11.6 Å². The first-order chi connectivity index (χ1) is 15.5. The van der Waals surface area contributed by atoms with E-state index in [0.717, 1.165) is 6.07 Å². The zero-order valence-corrected chi connectivity index (χ0v) is 18.7. The molecule has 33 heavy (non-hydrogen) atoms. The summed E-state index contributed by atoms with van der Waals surface area (Å²) in [4.78, 5) is 5.70. The van der Waals surface area contributed by atoms with Gasteiger partial charge in [0.05, 0.1) is 6.54 Å². The van der Waals surface area contributed by atoms with Crippen LogP contribution in [0, 0.1) is 17.7 Å². The maximum absolute atomic E-state index is 14.5. The van der Waals surface area contributed by atoms with Crippen LogP contribution in [0.25, 0.3) is 21.9 Å². The van der Waals surface area contributed by atoms with E-state index in [9.17, 15) is 18.3 Å². The number of fused-ring (bicyclic) bond motifs is 3. The lowest BCUT2D eigenvalue weighted by Gasteiger charge is -2.25. The molecule has 0 bridgehead atoms. The minimum Gasteiger partial charge on any atom is -0.378 e. The van der Waals surface area contributed by atoms with Crippen LogP contribution in [0.15, 0.2) is 36.4 Å². The maximum atomic E-state index is 14.5. The van der Waals surface area contributed by atoms with Gasteiger partial charge in [0.1, 0.15) is 22.8 Å². The van der Waals surface area contributed by atoms with Gasteiger partial charge in [-0.25, -0.2) is 22.8 Å². The second-order valence-corrected chi connectivity index (χ2v) is 8.46. The highest BCUT2D eigenvalue weighted by atomic mass is 35.5. The van der Waals surface area contributed by atoms with Gasteiger partial charge in [0.15, 0.2) is 0 Å². The molecular weight excluding hydrogens is 455 g/mol. The minimum absolute atomic E-state index is 0.127. The highest BCUT2D eigenvalue weighted by Crippen LogP contribution is 2.36. The van der Waals surface area contributed by atoms with Crippen LogP contribution in [0.1, 0.15) is 19.4 Å². The number of aromatic nitrogens is 4. The van der Waals surface area contributed by atoms with E-state index >= 15 is 0 Å². The second kappa shape index (κ2) is 8.54. The molecule has 0 unspecified atom stereocenters. The quantitative estimate of drug-likeness (QED) is 0.430. The number of pyridine rings is 1. The van der Waals surface area contributed by atoms with Crippen molar-refractivity contribution in [1.29, 1.82) is 0 Å².